The van der Waals surface area contributed by atoms with Crippen molar-refractivity contribution in [3.8, 4) is 0 Å². The van der Waals surface area contributed by atoms with E-state index in [4.69, 9.17) is 11.6 Å². The Morgan fingerprint density at radius 2 is 1.49 bits per heavy atom. The Morgan fingerprint density at radius 3 is 2.16 bits per heavy atom. The molecule has 4 nitrogen and oxygen atoms in total. The molecule has 1 fully saturated rings. The van der Waals surface area contributed by atoms with Gasteiger partial charge in [-0.05, 0) is 35.6 Å². The fourth-order valence-corrected chi connectivity index (χ4v) is 6.02. The molecule has 3 aromatic rings. The maximum atomic E-state index is 13.8. The van der Waals surface area contributed by atoms with Gasteiger partial charge in [-0.25, -0.2) is 0 Å². The van der Waals surface area contributed by atoms with Gasteiger partial charge in [0.1, 0.15) is 6.04 Å². The molecule has 0 spiro atoms. The third kappa shape index (κ3) is 8.37. The minimum atomic E-state index is -0.585. The summed E-state index contributed by atoms with van der Waals surface area (Å²) in [5.74, 6) is 0.819. The van der Waals surface area contributed by atoms with Crippen molar-refractivity contribution in [2.75, 3.05) is 5.75 Å². The summed E-state index contributed by atoms with van der Waals surface area (Å²) in [4.78, 5) is 29.3. The van der Waals surface area contributed by atoms with Crippen molar-refractivity contribution < 1.29 is 9.59 Å². The van der Waals surface area contributed by atoms with E-state index in [1.807, 2.05) is 84.9 Å². The second-order valence-corrected chi connectivity index (χ2v) is 11.0. The molecule has 6 heteroatoms. The number of carbonyl (C=O) groups excluding carboxylic acids is 2. The largest absolute Gasteiger partial charge is 0.352 e. The van der Waals surface area contributed by atoms with Crippen molar-refractivity contribution in [1.82, 2.24) is 10.2 Å². The molecule has 37 heavy (non-hydrogen) atoms. The Bertz CT molecular complexity index is 1140. The fraction of sp³-hybridized carbons (Fsp3) is 0.355. The summed E-state index contributed by atoms with van der Waals surface area (Å²) in [5, 5.41) is 4.00. The summed E-state index contributed by atoms with van der Waals surface area (Å²) in [7, 11) is 0. The maximum Gasteiger partial charge on any atom is 0.243 e. The van der Waals surface area contributed by atoms with Crippen molar-refractivity contribution in [2.24, 2.45) is 0 Å². The zero-order valence-electron chi connectivity index (χ0n) is 21.2. The molecule has 0 unspecified atom stereocenters. The van der Waals surface area contributed by atoms with E-state index in [1.165, 1.54) is 18.2 Å². The molecule has 2 amide bonds. The predicted octanol–water partition coefficient (Wildman–Crippen LogP) is 6.66. The highest BCUT2D eigenvalue weighted by molar-refractivity contribution is 7.99. The van der Waals surface area contributed by atoms with Gasteiger partial charge in [-0.2, -0.15) is 0 Å². The molecular weight excluding hydrogens is 500 g/mol. The minimum Gasteiger partial charge on any atom is -0.352 e. The van der Waals surface area contributed by atoms with E-state index in [-0.39, 0.29) is 23.6 Å². The Morgan fingerprint density at radius 1 is 0.865 bits per heavy atom. The number of carbonyl (C=O) groups is 2. The van der Waals surface area contributed by atoms with Crippen molar-refractivity contribution in [3.05, 3.63) is 107 Å². The molecule has 0 saturated heterocycles. The predicted molar refractivity (Wildman–Crippen MR) is 154 cm³/mol. The van der Waals surface area contributed by atoms with Gasteiger partial charge in [-0.3, -0.25) is 9.59 Å². The van der Waals surface area contributed by atoms with Gasteiger partial charge < -0.3 is 10.2 Å². The van der Waals surface area contributed by atoms with Crippen LogP contribution in [0.15, 0.2) is 84.9 Å². The van der Waals surface area contributed by atoms with Gasteiger partial charge in [0.05, 0.1) is 5.75 Å². The average Bonchev–Trinajstić information content (AvgIpc) is 2.93. The minimum absolute atomic E-state index is 0.0411. The van der Waals surface area contributed by atoms with E-state index in [1.54, 1.807) is 4.90 Å². The third-order valence-corrected chi connectivity index (χ3v) is 8.19. The van der Waals surface area contributed by atoms with Gasteiger partial charge in [0, 0.05) is 29.8 Å². The lowest BCUT2D eigenvalue weighted by Gasteiger charge is -2.33. The number of benzene rings is 3. The van der Waals surface area contributed by atoms with Crippen LogP contribution in [0.1, 0.15) is 48.8 Å². The summed E-state index contributed by atoms with van der Waals surface area (Å²) in [6.07, 6.45) is 5.99. The van der Waals surface area contributed by atoms with E-state index < -0.39 is 6.04 Å². The van der Waals surface area contributed by atoms with Crippen LogP contribution < -0.4 is 5.32 Å². The number of amides is 2. The molecule has 1 aliphatic rings. The molecule has 3 aromatic carbocycles. The molecule has 194 valence electrons. The Kier molecular flexibility index (Phi) is 10.5. The molecule has 0 bridgehead atoms. The van der Waals surface area contributed by atoms with Crippen LogP contribution in [-0.2, 0) is 28.3 Å². The van der Waals surface area contributed by atoms with Gasteiger partial charge >= 0.3 is 0 Å². The van der Waals surface area contributed by atoms with E-state index >= 15 is 0 Å². The first kappa shape index (κ1) is 27.3. The molecule has 1 saturated carbocycles. The number of hydrogen-bond acceptors (Lipinski definition) is 3. The van der Waals surface area contributed by atoms with E-state index in [0.29, 0.717) is 23.7 Å². The zero-order valence-corrected chi connectivity index (χ0v) is 22.7. The van der Waals surface area contributed by atoms with Crippen LogP contribution in [0.3, 0.4) is 0 Å². The quantitative estimate of drug-likeness (QED) is 0.299. The van der Waals surface area contributed by atoms with Crippen LogP contribution in [0.25, 0.3) is 0 Å². The van der Waals surface area contributed by atoms with Crippen LogP contribution in [0, 0.1) is 0 Å². The standard InChI is InChI=1S/C31H35ClN2O2S/c32-28-19-11-10-16-26(28)22-37-23-30(35)34(21-25-14-6-2-7-15-25)29(20-24-12-4-1-5-13-24)31(36)33-27-17-8-3-9-18-27/h1-2,4-7,10-16,19,27,29H,3,8-9,17-18,20-23H2,(H,33,36)/t29-/m1/s1. The van der Waals surface area contributed by atoms with Gasteiger partial charge in [-0.15, -0.1) is 11.8 Å². The molecule has 1 atom stereocenters. The Hall–Kier alpha value is -2.76. The SMILES string of the molecule is O=C(NC1CCCCC1)[C@@H](Cc1ccccc1)N(Cc1ccccc1)C(=O)CSCc1ccccc1Cl. The number of halogens is 1. The molecule has 0 aliphatic heterocycles. The smallest absolute Gasteiger partial charge is 0.243 e. The summed E-state index contributed by atoms with van der Waals surface area (Å²) >= 11 is 7.85. The third-order valence-electron chi connectivity index (χ3n) is 6.86. The average molecular weight is 535 g/mol. The van der Waals surface area contributed by atoms with Crippen molar-refractivity contribution in [3.63, 3.8) is 0 Å². The second-order valence-electron chi connectivity index (χ2n) is 9.64. The molecular formula is C31H35ClN2O2S. The van der Waals surface area contributed by atoms with Crippen molar-refractivity contribution in [1.29, 1.82) is 0 Å². The second kappa shape index (κ2) is 14.3. The number of nitrogens with one attached hydrogen (secondary N) is 1. The van der Waals surface area contributed by atoms with Crippen LogP contribution in [0.2, 0.25) is 5.02 Å². The monoisotopic (exact) mass is 534 g/mol. The van der Waals surface area contributed by atoms with E-state index in [9.17, 15) is 9.59 Å². The Balaban J connectivity index is 1.55. The summed E-state index contributed by atoms with van der Waals surface area (Å²) in [5.41, 5.74) is 3.06. The molecule has 1 aliphatic carbocycles. The van der Waals surface area contributed by atoms with Crippen molar-refractivity contribution in [2.45, 2.75) is 62.9 Å². The number of hydrogen-bond donors (Lipinski definition) is 1. The van der Waals surface area contributed by atoms with Gasteiger partial charge in [0.2, 0.25) is 11.8 Å². The van der Waals surface area contributed by atoms with Crippen LogP contribution in [-0.4, -0.2) is 34.6 Å². The lowest BCUT2D eigenvalue weighted by molar-refractivity contribution is -0.139. The summed E-state index contributed by atoms with van der Waals surface area (Å²) in [6.45, 7) is 0.391. The Labute approximate surface area is 229 Å². The van der Waals surface area contributed by atoms with Crippen LogP contribution >= 0.6 is 23.4 Å². The van der Waals surface area contributed by atoms with Gasteiger partial charge in [0.25, 0.3) is 0 Å². The molecule has 0 radical (unpaired) electrons. The topological polar surface area (TPSA) is 49.4 Å². The molecule has 0 heterocycles. The zero-order chi connectivity index (χ0) is 25.9. The van der Waals surface area contributed by atoms with Gasteiger partial charge in [0.15, 0.2) is 0 Å². The first-order valence-corrected chi connectivity index (χ1v) is 14.6. The van der Waals surface area contributed by atoms with Gasteiger partial charge in [-0.1, -0.05) is 110 Å². The summed E-state index contributed by atoms with van der Waals surface area (Å²) in [6, 6.07) is 27.2. The highest BCUT2D eigenvalue weighted by Crippen LogP contribution is 2.23. The van der Waals surface area contributed by atoms with E-state index in [2.05, 4.69) is 5.32 Å². The van der Waals surface area contributed by atoms with Crippen molar-refractivity contribution >= 4 is 35.2 Å². The fourth-order valence-electron chi connectivity index (χ4n) is 4.83. The molecule has 1 N–H and O–H groups in total. The highest BCUT2D eigenvalue weighted by Gasteiger charge is 2.31. The van der Waals surface area contributed by atoms with Crippen LogP contribution in [0.5, 0.6) is 0 Å². The molecule has 4 rings (SSSR count). The first-order valence-electron chi connectivity index (χ1n) is 13.1. The number of thioether (sulfide) groups is 1. The van der Waals surface area contributed by atoms with E-state index in [0.717, 1.165) is 42.4 Å². The summed E-state index contributed by atoms with van der Waals surface area (Å²) < 4.78 is 0. The lowest BCUT2D eigenvalue weighted by Crippen LogP contribution is -2.53. The highest BCUT2D eigenvalue weighted by atomic mass is 35.5. The number of nitrogens with zero attached hydrogens (tertiary/aromatic N) is 1. The molecule has 0 aromatic heterocycles. The lowest BCUT2D eigenvalue weighted by atomic mass is 9.94. The van der Waals surface area contributed by atoms with Crippen LogP contribution in [0.4, 0.5) is 0 Å². The first-order chi connectivity index (χ1) is 18.1. The normalized spacial score (nSPS) is 14.6. The maximum absolute atomic E-state index is 13.8. The number of rotatable bonds is 11.